The molecule has 0 amide bonds. The second-order valence-corrected chi connectivity index (χ2v) is 3.79. The van der Waals surface area contributed by atoms with Gasteiger partial charge in [0, 0.05) is 0 Å². The number of benzene rings is 1. The minimum Gasteiger partial charge on any atom is -0.0949 e. The SMILES string of the molecule is C=C(C/C=C/CCCC)c1ccccc1. The van der Waals surface area contributed by atoms with Crippen molar-refractivity contribution in [3.8, 4) is 0 Å². The Morgan fingerprint density at radius 2 is 1.93 bits per heavy atom. The van der Waals surface area contributed by atoms with Crippen LogP contribution in [0.2, 0.25) is 0 Å². The molecule has 1 aromatic carbocycles. The molecule has 0 aliphatic rings. The van der Waals surface area contributed by atoms with Crippen LogP contribution in [-0.2, 0) is 0 Å². The van der Waals surface area contributed by atoms with E-state index in [2.05, 4.69) is 49.9 Å². The minimum absolute atomic E-state index is 0.966. The highest BCUT2D eigenvalue weighted by atomic mass is 14.0. The Hall–Kier alpha value is -1.30. The van der Waals surface area contributed by atoms with Gasteiger partial charge in [-0.05, 0) is 24.0 Å². The van der Waals surface area contributed by atoms with Crippen molar-refractivity contribution in [3.63, 3.8) is 0 Å². The molecule has 0 saturated carbocycles. The zero-order valence-electron chi connectivity index (χ0n) is 9.58. The molecule has 1 rings (SSSR count). The summed E-state index contributed by atoms with van der Waals surface area (Å²) in [7, 11) is 0. The van der Waals surface area contributed by atoms with Crippen molar-refractivity contribution in [3.05, 3.63) is 54.6 Å². The van der Waals surface area contributed by atoms with Crippen LogP contribution in [0.25, 0.3) is 5.57 Å². The number of unbranched alkanes of at least 4 members (excludes halogenated alkanes) is 2. The highest BCUT2D eigenvalue weighted by Crippen LogP contribution is 2.15. The summed E-state index contributed by atoms with van der Waals surface area (Å²) in [5, 5.41) is 0. The van der Waals surface area contributed by atoms with Gasteiger partial charge in [-0.25, -0.2) is 0 Å². The molecule has 0 aliphatic carbocycles. The maximum Gasteiger partial charge on any atom is -0.00974 e. The lowest BCUT2D eigenvalue weighted by Gasteiger charge is -2.01. The molecule has 0 heteroatoms. The standard InChI is InChI=1S/C15H20/c1-3-4-5-6-8-11-14(2)15-12-9-7-10-13-15/h6-10,12-13H,2-5,11H2,1H3/b8-6+. The van der Waals surface area contributed by atoms with Crippen LogP contribution in [0.3, 0.4) is 0 Å². The number of rotatable bonds is 6. The van der Waals surface area contributed by atoms with Gasteiger partial charge >= 0.3 is 0 Å². The van der Waals surface area contributed by atoms with Gasteiger partial charge in [0.25, 0.3) is 0 Å². The number of allylic oxidation sites excluding steroid dienone is 3. The fraction of sp³-hybridized carbons (Fsp3) is 0.333. The normalized spacial score (nSPS) is 10.7. The Balaban J connectivity index is 2.34. The summed E-state index contributed by atoms with van der Waals surface area (Å²) in [6.07, 6.45) is 9.20. The second-order valence-electron chi connectivity index (χ2n) is 3.79. The van der Waals surface area contributed by atoms with Crippen LogP contribution in [0.5, 0.6) is 0 Å². The van der Waals surface area contributed by atoms with Gasteiger partial charge in [-0.2, -0.15) is 0 Å². The smallest absolute Gasteiger partial charge is 0.00974 e. The molecule has 0 fully saturated rings. The molecule has 0 heterocycles. The van der Waals surface area contributed by atoms with Crippen molar-refractivity contribution in [2.45, 2.75) is 32.6 Å². The molecule has 0 atom stereocenters. The predicted octanol–water partition coefficient (Wildman–Crippen LogP) is 4.84. The van der Waals surface area contributed by atoms with E-state index in [-0.39, 0.29) is 0 Å². The lowest BCUT2D eigenvalue weighted by atomic mass is 10.0. The van der Waals surface area contributed by atoms with E-state index in [1.807, 2.05) is 6.07 Å². The molecule has 0 unspecified atom stereocenters. The first-order chi connectivity index (χ1) is 7.34. The highest BCUT2D eigenvalue weighted by Gasteiger charge is 1.93. The third-order valence-electron chi connectivity index (χ3n) is 2.44. The van der Waals surface area contributed by atoms with Crippen molar-refractivity contribution in [2.24, 2.45) is 0 Å². The molecule has 0 aromatic heterocycles. The van der Waals surface area contributed by atoms with E-state index >= 15 is 0 Å². The Bertz CT molecular complexity index is 306. The lowest BCUT2D eigenvalue weighted by molar-refractivity contribution is 0.813. The molecule has 80 valence electrons. The molecule has 0 spiro atoms. The van der Waals surface area contributed by atoms with E-state index in [0.29, 0.717) is 0 Å². The van der Waals surface area contributed by atoms with Crippen LogP contribution in [0.4, 0.5) is 0 Å². The molecule has 15 heavy (non-hydrogen) atoms. The lowest BCUT2D eigenvalue weighted by Crippen LogP contribution is -1.79. The average molecular weight is 200 g/mol. The third kappa shape index (κ3) is 4.64. The molecule has 1 aromatic rings. The van der Waals surface area contributed by atoms with Crippen LogP contribution in [0.15, 0.2) is 49.1 Å². The van der Waals surface area contributed by atoms with Gasteiger partial charge in [0.05, 0.1) is 0 Å². The third-order valence-corrected chi connectivity index (χ3v) is 2.44. The van der Waals surface area contributed by atoms with Crippen molar-refractivity contribution in [1.29, 1.82) is 0 Å². The van der Waals surface area contributed by atoms with Crippen LogP contribution in [-0.4, -0.2) is 0 Å². The van der Waals surface area contributed by atoms with Crippen LogP contribution >= 0.6 is 0 Å². The number of hydrogen-bond donors (Lipinski definition) is 0. The first-order valence-corrected chi connectivity index (χ1v) is 5.72. The summed E-state index contributed by atoms with van der Waals surface area (Å²) in [5.74, 6) is 0. The topological polar surface area (TPSA) is 0 Å². The zero-order chi connectivity index (χ0) is 10.9. The van der Waals surface area contributed by atoms with Crippen molar-refractivity contribution in [1.82, 2.24) is 0 Å². The minimum atomic E-state index is 0.966. The van der Waals surface area contributed by atoms with Gasteiger partial charge < -0.3 is 0 Å². The van der Waals surface area contributed by atoms with Gasteiger partial charge in [-0.15, -0.1) is 0 Å². The summed E-state index contributed by atoms with van der Waals surface area (Å²) in [6, 6.07) is 10.4. The molecule has 0 saturated heterocycles. The molecular weight excluding hydrogens is 180 g/mol. The van der Waals surface area contributed by atoms with E-state index in [4.69, 9.17) is 0 Å². The number of hydrogen-bond acceptors (Lipinski definition) is 0. The first kappa shape index (κ1) is 11.8. The van der Waals surface area contributed by atoms with E-state index < -0.39 is 0 Å². The Morgan fingerprint density at radius 1 is 1.20 bits per heavy atom. The van der Waals surface area contributed by atoms with Gasteiger partial charge in [0.1, 0.15) is 0 Å². The largest absolute Gasteiger partial charge is 0.0949 e. The van der Waals surface area contributed by atoms with Crippen molar-refractivity contribution >= 4 is 5.57 Å². The Morgan fingerprint density at radius 3 is 2.60 bits per heavy atom. The van der Waals surface area contributed by atoms with Gasteiger partial charge in [0.15, 0.2) is 0 Å². The summed E-state index contributed by atoms with van der Waals surface area (Å²) in [4.78, 5) is 0. The van der Waals surface area contributed by atoms with Crippen LogP contribution in [0.1, 0.15) is 38.2 Å². The van der Waals surface area contributed by atoms with Gasteiger partial charge in [0.2, 0.25) is 0 Å². The average Bonchev–Trinajstić information content (AvgIpc) is 2.30. The van der Waals surface area contributed by atoms with Crippen LogP contribution in [0, 0.1) is 0 Å². The monoisotopic (exact) mass is 200 g/mol. The molecule has 0 radical (unpaired) electrons. The van der Waals surface area contributed by atoms with Crippen molar-refractivity contribution < 1.29 is 0 Å². The highest BCUT2D eigenvalue weighted by molar-refractivity contribution is 5.64. The summed E-state index contributed by atoms with van der Waals surface area (Å²) in [6.45, 7) is 6.31. The van der Waals surface area contributed by atoms with Gasteiger partial charge in [-0.1, -0.05) is 68.8 Å². The van der Waals surface area contributed by atoms with Crippen LogP contribution < -0.4 is 0 Å². The van der Waals surface area contributed by atoms with Crippen molar-refractivity contribution in [2.75, 3.05) is 0 Å². The molecule has 0 nitrogen and oxygen atoms in total. The molecule has 0 N–H and O–H groups in total. The maximum absolute atomic E-state index is 4.09. The summed E-state index contributed by atoms with van der Waals surface area (Å²) >= 11 is 0. The second kappa shape index (κ2) is 7.05. The zero-order valence-corrected chi connectivity index (χ0v) is 9.58. The van der Waals surface area contributed by atoms with Gasteiger partial charge in [-0.3, -0.25) is 0 Å². The van der Waals surface area contributed by atoms with E-state index in [1.54, 1.807) is 0 Å². The summed E-state index contributed by atoms with van der Waals surface area (Å²) in [5.41, 5.74) is 2.45. The Labute approximate surface area is 93.3 Å². The van der Waals surface area contributed by atoms with E-state index in [9.17, 15) is 0 Å². The maximum atomic E-state index is 4.09. The fourth-order valence-corrected chi connectivity index (χ4v) is 1.46. The predicted molar refractivity (Wildman–Crippen MR) is 68.8 cm³/mol. The quantitative estimate of drug-likeness (QED) is 0.455. The Kier molecular flexibility index (Phi) is 5.54. The molecule has 0 aliphatic heterocycles. The fourth-order valence-electron chi connectivity index (χ4n) is 1.46. The molecule has 0 bridgehead atoms. The van der Waals surface area contributed by atoms with E-state index in [1.165, 1.54) is 30.4 Å². The first-order valence-electron chi connectivity index (χ1n) is 5.72. The van der Waals surface area contributed by atoms with E-state index in [0.717, 1.165) is 6.42 Å². The molecular formula is C15H20. The summed E-state index contributed by atoms with van der Waals surface area (Å²) < 4.78 is 0.